The normalized spacial score (nSPS) is 19.6. The molecule has 140 valence electrons. The van der Waals surface area contributed by atoms with E-state index in [2.05, 4.69) is 38.6 Å². The zero-order valence-electron chi connectivity index (χ0n) is 15.3. The fourth-order valence-electron chi connectivity index (χ4n) is 4.43. The second kappa shape index (κ2) is 6.84. The molecule has 0 amide bonds. The first-order valence-corrected chi connectivity index (χ1v) is 10.2. The number of piperidine rings is 1. The van der Waals surface area contributed by atoms with Crippen LogP contribution in [0.25, 0.3) is 5.52 Å². The van der Waals surface area contributed by atoms with Crippen LogP contribution in [0.2, 0.25) is 5.02 Å². The highest BCUT2D eigenvalue weighted by atomic mass is 35.5. The van der Waals surface area contributed by atoms with Gasteiger partial charge >= 0.3 is 0 Å². The summed E-state index contributed by atoms with van der Waals surface area (Å²) in [5, 5.41) is 12.1. The lowest BCUT2D eigenvalue weighted by Crippen LogP contribution is -2.36. The minimum absolute atomic E-state index is 0.277. The van der Waals surface area contributed by atoms with Crippen LogP contribution in [0.1, 0.15) is 49.0 Å². The monoisotopic (exact) mass is 381 g/mol. The van der Waals surface area contributed by atoms with Crippen LogP contribution in [0.5, 0.6) is 0 Å². The van der Waals surface area contributed by atoms with Crippen molar-refractivity contribution in [1.29, 1.82) is 0 Å². The van der Waals surface area contributed by atoms with Crippen molar-refractivity contribution in [3.8, 4) is 0 Å². The van der Waals surface area contributed by atoms with Gasteiger partial charge in [0.1, 0.15) is 0 Å². The minimum atomic E-state index is -0.439. The van der Waals surface area contributed by atoms with E-state index in [0.717, 1.165) is 42.2 Å². The summed E-state index contributed by atoms with van der Waals surface area (Å²) in [5.74, 6) is 0.884. The van der Waals surface area contributed by atoms with Crippen LogP contribution in [0.4, 0.5) is 5.69 Å². The molecule has 1 aliphatic carbocycles. The van der Waals surface area contributed by atoms with Gasteiger partial charge in [0.25, 0.3) is 0 Å². The summed E-state index contributed by atoms with van der Waals surface area (Å²) < 4.78 is 2.10. The molecule has 5 heteroatoms. The van der Waals surface area contributed by atoms with E-state index in [-0.39, 0.29) is 5.92 Å². The quantitative estimate of drug-likeness (QED) is 0.704. The van der Waals surface area contributed by atoms with Gasteiger partial charge in [-0.15, -0.1) is 0 Å². The lowest BCUT2D eigenvalue weighted by atomic mass is 9.87. The number of aliphatic hydroxyl groups is 1. The molecule has 1 aliphatic heterocycles. The molecule has 0 bridgehead atoms. The number of hydrogen-bond donors (Lipinski definition) is 1. The van der Waals surface area contributed by atoms with Gasteiger partial charge in [0.05, 0.1) is 29.8 Å². The number of benzene rings is 1. The highest BCUT2D eigenvalue weighted by Gasteiger charge is 2.34. The predicted octanol–water partition coefficient (Wildman–Crippen LogP) is 4.82. The number of rotatable bonds is 4. The SMILES string of the molecule is O[C@@H](c1c(C2CC2)ccc2cncn12)C1CCN(c2ccc(Cl)cc2)CC1. The number of fused-ring (bicyclic) bond motifs is 1. The summed E-state index contributed by atoms with van der Waals surface area (Å²) >= 11 is 6.01. The first-order valence-electron chi connectivity index (χ1n) is 9.84. The van der Waals surface area contributed by atoms with Gasteiger partial charge in [-0.2, -0.15) is 0 Å². The van der Waals surface area contributed by atoms with Gasteiger partial charge < -0.3 is 14.4 Å². The predicted molar refractivity (Wildman–Crippen MR) is 109 cm³/mol. The summed E-state index contributed by atoms with van der Waals surface area (Å²) in [4.78, 5) is 6.69. The summed E-state index contributed by atoms with van der Waals surface area (Å²) in [5.41, 5.74) is 4.65. The fraction of sp³-hybridized carbons (Fsp3) is 0.409. The lowest BCUT2D eigenvalue weighted by molar-refractivity contribution is 0.0871. The Morgan fingerprint density at radius 1 is 1.00 bits per heavy atom. The standard InChI is InChI=1S/C22H24ClN3O/c23-17-3-5-18(6-4-17)25-11-9-16(10-12-25)22(27)21-20(15-1-2-15)8-7-19-13-24-14-26(19)21/h3-8,13-16,22,27H,1-2,9-12H2/t22-/m1/s1. The Kier molecular flexibility index (Phi) is 4.33. The second-order valence-corrected chi connectivity index (χ2v) is 8.32. The Morgan fingerprint density at radius 2 is 1.74 bits per heavy atom. The maximum Gasteiger partial charge on any atom is 0.0995 e. The number of nitrogens with zero attached hydrogens (tertiary/aromatic N) is 3. The molecule has 27 heavy (non-hydrogen) atoms. The highest BCUT2D eigenvalue weighted by Crippen LogP contribution is 2.45. The van der Waals surface area contributed by atoms with E-state index in [4.69, 9.17) is 11.6 Å². The number of imidazole rings is 1. The summed E-state index contributed by atoms with van der Waals surface area (Å²) in [7, 11) is 0. The van der Waals surface area contributed by atoms with Crippen molar-refractivity contribution in [2.75, 3.05) is 18.0 Å². The Bertz CT molecular complexity index is 940. The number of hydrogen-bond acceptors (Lipinski definition) is 3. The molecule has 2 aromatic heterocycles. The summed E-state index contributed by atoms with van der Waals surface area (Å²) in [6, 6.07) is 12.4. The largest absolute Gasteiger partial charge is 0.387 e. The number of halogens is 1. The number of aromatic nitrogens is 2. The molecule has 1 atom stereocenters. The van der Waals surface area contributed by atoms with E-state index in [9.17, 15) is 5.11 Å². The highest BCUT2D eigenvalue weighted by molar-refractivity contribution is 6.30. The smallest absolute Gasteiger partial charge is 0.0995 e. The molecular weight excluding hydrogens is 358 g/mol. The van der Waals surface area contributed by atoms with Crippen molar-refractivity contribution in [3.05, 3.63) is 65.2 Å². The van der Waals surface area contributed by atoms with Crippen LogP contribution in [0, 0.1) is 5.92 Å². The molecule has 5 rings (SSSR count). The van der Waals surface area contributed by atoms with Gasteiger partial charge in [-0.3, -0.25) is 0 Å². The molecule has 0 spiro atoms. The van der Waals surface area contributed by atoms with Crippen molar-refractivity contribution < 1.29 is 5.11 Å². The average molecular weight is 382 g/mol. The summed E-state index contributed by atoms with van der Waals surface area (Å²) in [6.07, 6.45) is 7.71. The van der Waals surface area contributed by atoms with Gasteiger partial charge in [0.15, 0.2) is 0 Å². The van der Waals surface area contributed by atoms with Gasteiger partial charge in [-0.05, 0) is 73.4 Å². The zero-order valence-corrected chi connectivity index (χ0v) is 16.0. The Labute approximate surface area is 164 Å². The van der Waals surface area contributed by atoms with E-state index < -0.39 is 6.10 Å². The summed E-state index contributed by atoms with van der Waals surface area (Å²) in [6.45, 7) is 1.92. The third kappa shape index (κ3) is 3.21. The first-order chi connectivity index (χ1) is 13.2. The molecule has 4 nitrogen and oxygen atoms in total. The Morgan fingerprint density at radius 3 is 2.44 bits per heavy atom. The van der Waals surface area contributed by atoms with Gasteiger partial charge in [0, 0.05) is 23.8 Å². The van der Waals surface area contributed by atoms with Crippen molar-refractivity contribution in [3.63, 3.8) is 0 Å². The third-order valence-corrected chi connectivity index (χ3v) is 6.38. The molecule has 0 unspecified atom stereocenters. The molecule has 2 fully saturated rings. The topological polar surface area (TPSA) is 40.8 Å². The molecule has 1 saturated carbocycles. The van der Waals surface area contributed by atoms with Crippen molar-refractivity contribution in [2.45, 2.75) is 37.7 Å². The van der Waals surface area contributed by atoms with E-state index in [1.165, 1.54) is 24.1 Å². The maximum absolute atomic E-state index is 11.3. The maximum atomic E-state index is 11.3. The third-order valence-electron chi connectivity index (χ3n) is 6.13. The molecule has 1 N–H and O–H groups in total. The van der Waals surface area contributed by atoms with Gasteiger partial charge in [-0.25, -0.2) is 4.98 Å². The van der Waals surface area contributed by atoms with E-state index in [0.29, 0.717) is 5.92 Å². The Hall–Kier alpha value is -2.04. The molecule has 2 aliphatic rings. The minimum Gasteiger partial charge on any atom is -0.387 e. The Balaban J connectivity index is 1.37. The molecule has 0 radical (unpaired) electrons. The van der Waals surface area contributed by atoms with Crippen LogP contribution >= 0.6 is 11.6 Å². The number of aliphatic hydroxyl groups excluding tert-OH is 1. The van der Waals surface area contributed by atoms with Crippen LogP contribution in [0.3, 0.4) is 0 Å². The van der Waals surface area contributed by atoms with Crippen LogP contribution in [0.15, 0.2) is 48.9 Å². The van der Waals surface area contributed by atoms with Crippen molar-refractivity contribution >= 4 is 22.8 Å². The number of pyridine rings is 1. The van der Waals surface area contributed by atoms with Crippen LogP contribution < -0.4 is 4.90 Å². The molecule has 1 saturated heterocycles. The average Bonchev–Trinajstić information content (AvgIpc) is 3.44. The van der Waals surface area contributed by atoms with Crippen LogP contribution in [-0.2, 0) is 0 Å². The lowest BCUT2D eigenvalue weighted by Gasteiger charge is -2.36. The first kappa shape index (κ1) is 17.1. The second-order valence-electron chi connectivity index (χ2n) is 7.88. The zero-order chi connectivity index (χ0) is 18.4. The molecule has 3 heterocycles. The van der Waals surface area contributed by atoms with Crippen molar-refractivity contribution in [1.82, 2.24) is 9.38 Å². The molecular formula is C22H24ClN3O. The fourth-order valence-corrected chi connectivity index (χ4v) is 4.56. The van der Waals surface area contributed by atoms with E-state index >= 15 is 0 Å². The molecule has 1 aromatic carbocycles. The van der Waals surface area contributed by atoms with Crippen molar-refractivity contribution in [2.24, 2.45) is 5.92 Å². The van der Waals surface area contributed by atoms with Crippen LogP contribution in [-0.4, -0.2) is 27.6 Å². The number of anilines is 1. The van der Waals surface area contributed by atoms with Gasteiger partial charge in [0.2, 0.25) is 0 Å². The molecule has 3 aromatic rings. The van der Waals surface area contributed by atoms with E-state index in [1.54, 1.807) is 0 Å². The van der Waals surface area contributed by atoms with Gasteiger partial charge in [-0.1, -0.05) is 17.7 Å². The van der Waals surface area contributed by atoms with E-state index in [1.807, 2.05) is 24.7 Å².